The van der Waals surface area contributed by atoms with Gasteiger partial charge in [-0.05, 0) is 55.8 Å². The maximum atomic E-state index is 12.0. The Hall–Kier alpha value is -2.74. The van der Waals surface area contributed by atoms with Gasteiger partial charge in [-0.2, -0.15) is 0 Å². The quantitative estimate of drug-likeness (QED) is 0.692. The number of hydrogen-bond donors (Lipinski definition) is 1. The van der Waals surface area contributed by atoms with E-state index in [1.54, 1.807) is 24.3 Å². The van der Waals surface area contributed by atoms with E-state index in [0.717, 1.165) is 17.6 Å². The summed E-state index contributed by atoms with van der Waals surface area (Å²) in [6, 6.07) is 14.0. The van der Waals surface area contributed by atoms with E-state index < -0.39 is 10.0 Å². The minimum Gasteiger partial charge on any atom is -0.491 e. The van der Waals surface area contributed by atoms with Crippen LogP contribution in [0, 0.1) is 0 Å². The first-order chi connectivity index (χ1) is 13.1. The predicted octanol–water partition coefficient (Wildman–Crippen LogP) is 2.56. The highest BCUT2D eigenvalue weighted by molar-refractivity contribution is 7.92. The lowest BCUT2D eigenvalue weighted by molar-refractivity contribution is -0.123. The van der Waals surface area contributed by atoms with Crippen LogP contribution in [-0.4, -0.2) is 40.3 Å². The molecule has 0 saturated heterocycles. The Bertz CT molecular complexity index is 878. The average molecular weight is 407 g/mol. The van der Waals surface area contributed by atoms with Gasteiger partial charge in [0.05, 0.1) is 18.0 Å². The minimum atomic E-state index is -3.32. The molecule has 0 fully saturated rings. The van der Waals surface area contributed by atoms with Crippen molar-refractivity contribution in [3.05, 3.63) is 54.1 Å². The largest absolute Gasteiger partial charge is 0.491 e. The number of carbonyl (C=O) groups excluding carboxylic acids is 1. The average Bonchev–Trinajstić information content (AvgIpc) is 2.64. The van der Waals surface area contributed by atoms with Gasteiger partial charge in [-0.15, -0.1) is 0 Å². The number of benzene rings is 2. The molecule has 0 aromatic heterocycles. The first-order valence-corrected chi connectivity index (χ1v) is 10.7. The lowest BCUT2D eigenvalue weighted by Gasteiger charge is -2.16. The molecule has 0 aliphatic carbocycles. The number of nitrogens with zero attached hydrogens (tertiary/aromatic N) is 1. The highest BCUT2D eigenvalue weighted by Crippen LogP contribution is 2.20. The van der Waals surface area contributed by atoms with Crippen LogP contribution in [0.2, 0.25) is 0 Å². The summed E-state index contributed by atoms with van der Waals surface area (Å²) >= 11 is 0. The molecule has 0 saturated carbocycles. The lowest BCUT2D eigenvalue weighted by Crippen LogP contribution is -2.28. The first kappa shape index (κ1) is 21.6. The highest BCUT2D eigenvalue weighted by Gasteiger charge is 2.11. The summed E-state index contributed by atoms with van der Waals surface area (Å²) in [6.45, 7) is 4.19. The minimum absolute atomic E-state index is 0.114. The third kappa shape index (κ3) is 6.77. The molecule has 0 unspecified atom stereocenters. The van der Waals surface area contributed by atoms with Gasteiger partial charge >= 0.3 is 0 Å². The van der Waals surface area contributed by atoms with E-state index >= 15 is 0 Å². The van der Waals surface area contributed by atoms with Gasteiger partial charge in [-0.3, -0.25) is 9.10 Å². The molecular formula is C20H26N2O5S. The number of amides is 1. The van der Waals surface area contributed by atoms with Crippen LogP contribution in [0.25, 0.3) is 0 Å². The van der Waals surface area contributed by atoms with Gasteiger partial charge in [-0.25, -0.2) is 8.42 Å². The molecular weight excluding hydrogens is 380 g/mol. The van der Waals surface area contributed by atoms with Crippen molar-refractivity contribution in [2.24, 2.45) is 0 Å². The maximum absolute atomic E-state index is 12.0. The summed E-state index contributed by atoms with van der Waals surface area (Å²) in [5.41, 5.74) is 1.47. The number of sulfonamides is 1. The van der Waals surface area contributed by atoms with Crippen molar-refractivity contribution in [2.45, 2.75) is 26.5 Å². The molecule has 7 nitrogen and oxygen atoms in total. The molecule has 1 N–H and O–H groups in total. The zero-order valence-electron chi connectivity index (χ0n) is 16.5. The number of nitrogens with one attached hydrogen (secondary N) is 1. The molecule has 0 spiro atoms. The van der Waals surface area contributed by atoms with Crippen molar-refractivity contribution in [1.29, 1.82) is 0 Å². The van der Waals surface area contributed by atoms with Crippen LogP contribution >= 0.6 is 0 Å². The molecule has 28 heavy (non-hydrogen) atoms. The fraction of sp³-hybridized carbons (Fsp3) is 0.350. The number of hydrogen-bond acceptors (Lipinski definition) is 5. The molecule has 0 aliphatic rings. The SMILES string of the molecule is CC(C)Oc1ccc(CNC(=O)COc2ccc(N(C)S(C)(=O)=O)cc2)cc1. The molecule has 2 aromatic carbocycles. The van der Waals surface area contributed by atoms with E-state index in [4.69, 9.17) is 9.47 Å². The standard InChI is InChI=1S/C20H26N2O5S/c1-15(2)27-19-9-5-16(6-10-19)13-21-20(23)14-26-18-11-7-17(8-12-18)22(3)28(4,24)25/h5-12,15H,13-14H2,1-4H3,(H,21,23). The molecule has 0 bridgehead atoms. The molecule has 2 rings (SSSR count). The van der Waals surface area contributed by atoms with E-state index in [-0.39, 0.29) is 18.6 Å². The molecule has 0 radical (unpaired) electrons. The highest BCUT2D eigenvalue weighted by atomic mass is 32.2. The zero-order chi connectivity index (χ0) is 20.7. The van der Waals surface area contributed by atoms with Gasteiger partial charge in [0.2, 0.25) is 10.0 Å². The summed E-state index contributed by atoms with van der Waals surface area (Å²) in [6.07, 6.45) is 1.25. The van der Waals surface area contributed by atoms with Crippen molar-refractivity contribution in [3.8, 4) is 11.5 Å². The summed E-state index contributed by atoms with van der Waals surface area (Å²) in [7, 11) is -1.84. The van der Waals surface area contributed by atoms with Gasteiger partial charge in [0, 0.05) is 13.6 Å². The Morgan fingerprint density at radius 3 is 2.14 bits per heavy atom. The van der Waals surface area contributed by atoms with E-state index in [0.29, 0.717) is 18.0 Å². The Balaban J connectivity index is 1.79. The van der Waals surface area contributed by atoms with Crippen LogP contribution < -0.4 is 19.1 Å². The zero-order valence-corrected chi connectivity index (χ0v) is 17.3. The van der Waals surface area contributed by atoms with Gasteiger partial charge < -0.3 is 14.8 Å². The number of ether oxygens (including phenoxy) is 2. The van der Waals surface area contributed by atoms with Crippen molar-refractivity contribution >= 4 is 21.6 Å². The number of carbonyl (C=O) groups is 1. The van der Waals surface area contributed by atoms with Gasteiger partial charge in [0.25, 0.3) is 5.91 Å². The first-order valence-electron chi connectivity index (χ1n) is 8.84. The Kier molecular flexibility index (Phi) is 7.28. The normalized spacial score (nSPS) is 11.2. The van der Waals surface area contributed by atoms with Crippen LogP contribution in [0.5, 0.6) is 11.5 Å². The topological polar surface area (TPSA) is 84.9 Å². The monoisotopic (exact) mass is 406 g/mol. The van der Waals surface area contributed by atoms with Crippen LogP contribution in [0.4, 0.5) is 5.69 Å². The molecule has 0 aliphatic heterocycles. The van der Waals surface area contributed by atoms with E-state index in [9.17, 15) is 13.2 Å². The summed E-state index contributed by atoms with van der Waals surface area (Å²) in [5, 5.41) is 2.79. The fourth-order valence-electron chi connectivity index (χ4n) is 2.30. The van der Waals surface area contributed by atoms with Crippen LogP contribution in [0.15, 0.2) is 48.5 Å². The third-order valence-corrected chi connectivity index (χ3v) is 5.06. The van der Waals surface area contributed by atoms with Crippen LogP contribution in [0.1, 0.15) is 19.4 Å². The third-order valence-electron chi connectivity index (χ3n) is 3.85. The molecule has 8 heteroatoms. The second-order valence-corrected chi connectivity index (χ2v) is 8.61. The summed E-state index contributed by atoms with van der Waals surface area (Å²) in [5.74, 6) is 1.02. The van der Waals surface area contributed by atoms with Gasteiger partial charge in [0.15, 0.2) is 6.61 Å². The molecule has 0 atom stereocenters. The summed E-state index contributed by atoms with van der Waals surface area (Å²) < 4.78 is 35.2. The Labute approximate surface area is 166 Å². The predicted molar refractivity (Wildman–Crippen MR) is 109 cm³/mol. The van der Waals surface area contributed by atoms with Crippen LogP contribution in [0.3, 0.4) is 0 Å². The Morgan fingerprint density at radius 2 is 1.61 bits per heavy atom. The lowest BCUT2D eigenvalue weighted by atomic mass is 10.2. The second-order valence-electron chi connectivity index (χ2n) is 6.60. The van der Waals surface area contributed by atoms with Crippen molar-refractivity contribution in [3.63, 3.8) is 0 Å². The van der Waals surface area contributed by atoms with Crippen molar-refractivity contribution in [1.82, 2.24) is 5.32 Å². The molecule has 152 valence electrons. The van der Waals surface area contributed by atoms with Crippen molar-refractivity contribution in [2.75, 3.05) is 24.2 Å². The smallest absolute Gasteiger partial charge is 0.258 e. The van der Waals surface area contributed by atoms with Crippen molar-refractivity contribution < 1.29 is 22.7 Å². The van der Waals surface area contributed by atoms with E-state index in [1.807, 2.05) is 38.1 Å². The second kappa shape index (κ2) is 9.45. The Morgan fingerprint density at radius 1 is 1.04 bits per heavy atom. The van der Waals surface area contributed by atoms with Gasteiger partial charge in [0.1, 0.15) is 11.5 Å². The van der Waals surface area contributed by atoms with Crippen LogP contribution in [-0.2, 0) is 21.4 Å². The maximum Gasteiger partial charge on any atom is 0.258 e. The fourth-order valence-corrected chi connectivity index (χ4v) is 2.81. The molecule has 0 heterocycles. The number of rotatable bonds is 9. The summed E-state index contributed by atoms with van der Waals surface area (Å²) in [4.78, 5) is 12.0. The molecule has 1 amide bonds. The van der Waals surface area contributed by atoms with E-state index in [2.05, 4.69) is 5.32 Å². The van der Waals surface area contributed by atoms with Gasteiger partial charge in [-0.1, -0.05) is 12.1 Å². The molecule has 2 aromatic rings. The number of anilines is 1. The van der Waals surface area contributed by atoms with E-state index in [1.165, 1.54) is 11.4 Å².